The van der Waals surface area contributed by atoms with E-state index in [0.29, 0.717) is 12.1 Å². The fourth-order valence-corrected chi connectivity index (χ4v) is 4.79. The van der Waals surface area contributed by atoms with Crippen molar-refractivity contribution in [2.45, 2.75) is 31.5 Å². The molecule has 2 saturated heterocycles. The van der Waals surface area contributed by atoms with Crippen molar-refractivity contribution in [3.8, 4) is 0 Å². The van der Waals surface area contributed by atoms with Crippen LogP contribution in [0.25, 0.3) is 0 Å². The van der Waals surface area contributed by atoms with Gasteiger partial charge in [0.2, 0.25) is 0 Å². The number of likely N-dealkylation sites (tertiary alicyclic amines) is 1. The van der Waals surface area contributed by atoms with Crippen LogP contribution in [-0.4, -0.2) is 59.7 Å². The van der Waals surface area contributed by atoms with Crippen molar-refractivity contribution in [2.24, 2.45) is 0 Å². The summed E-state index contributed by atoms with van der Waals surface area (Å²) in [7, 11) is 0. The lowest BCUT2D eigenvalue weighted by atomic mass is 9.99. The van der Waals surface area contributed by atoms with Crippen molar-refractivity contribution in [3.63, 3.8) is 0 Å². The molecule has 2 aromatic rings. The first-order valence-corrected chi connectivity index (χ1v) is 9.75. The molecule has 0 aromatic carbocycles. The van der Waals surface area contributed by atoms with Crippen LogP contribution in [0, 0.1) is 0 Å². The first-order chi connectivity index (χ1) is 11.9. The van der Waals surface area contributed by atoms with Gasteiger partial charge in [-0.1, -0.05) is 12.1 Å². The Hall–Kier alpha value is -1.27. The average Bonchev–Trinajstić information content (AvgIpc) is 3.28. The minimum absolute atomic E-state index is 0.564. The van der Waals surface area contributed by atoms with Gasteiger partial charge in [0, 0.05) is 55.5 Å². The highest BCUT2D eigenvalue weighted by Gasteiger charge is 2.38. The molecule has 0 saturated carbocycles. The van der Waals surface area contributed by atoms with E-state index in [0.717, 1.165) is 39.3 Å². The maximum absolute atomic E-state index is 5.56. The summed E-state index contributed by atoms with van der Waals surface area (Å²) < 4.78 is 5.56. The van der Waals surface area contributed by atoms with Crippen LogP contribution >= 0.6 is 11.3 Å². The lowest BCUT2D eigenvalue weighted by Crippen LogP contribution is -2.50. The summed E-state index contributed by atoms with van der Waals surface area (Å²) >= 11 is 1.87. The minimum atomic E-state index is 0.564. The van der Waals surface area contributed by atoms with Gasteiger partial charge in [0.1, 0.15) is 0 Å². The Kier molecular flexibility index (Phi) is 5.23. The number of morpholine rings is 1. The van der Waals surface area contributed by atoms with Crippen LogP contribution < -0.4 is 0 Å². The van der Waals surface area contributed by atoms with Gasteiger partial charge in [-0.3, -0.25) is 14.8 Å². The summed E-state index contributed by atoms with van der Waals surface area (Å²) in [4.78, 5) is 11.1. The van der Waals surface area contributed by atoms with Crippen molar-refractivity contribution in [1.82, 2.24) is 14.8 Å². The molecule has 2 atom stereocenters. The van der Waals surface area contributed by atoms with Gasteiger partial charge in [0.15, 0.2) is 0 Å². The molecule has 2 fully saturated rings. The van der Waals surface area contributed by atoms with Crippen LogP contribution in [0.5, 0.6) is 0 Å². The number of rotatable bonds is 5. The number of hydrogen-bond acceptors (Lipinski definition) is 5. The number of nitrogens with zero attached hydrogens (tertiary/aromatic N) is 3. The zero-order valence-electron chi connectivity index (χ0n) is 14.0. The second-order valence-corrected chi connectivity index (χ2v) is 7.72. The van der Waals surface area contributed by atoms with Crippen molar-refractivity contribution in [2.75, 3.05) is 32.8 Å². The lowest BCUT2D eigenvalue weighted by Gasteiger charge is -2.37. The first kappa shape index (κ1) is 16.2. The lowest BCUT2D eigenvalue weighted by molar-refractivity contribution is 0.00793. The molecule has 0 amide bonds. The zero-order chi connectivity index (χ0) is 16.2. The van der Waals surface area contributed by atoms with E-state index in [9.17, 15) is 0 Å². The van der Waals surface area contributed by atoms with Crippen LogP contribution in [0.3, 0.4) is 0 Å². The van der Waals surface area contributed by atoms with Crippen LogP contribution in [0.2, 0.25) is 0 Å². The van der Waals surface area contributed by atoms with Crippen LogP contribution in [0.1, 0.15) is 16.9 Å². The van der Waals surface area contributed by atoms with E-state index < -0.39 is 0 Å². The minimum Gasteiger partial charge on any atom is -0.379 e. The molecular weight excluding hydrogens is 318 g/mol. The highest BCUT2D eigenvalue weighted by molar-refractivity contribution is 7.09. The third-order valence-corrected chi connectivity index (χ3v) is 6.11. The van der Waals surface area contributed by atoms with E-state index >= 15 is 0 Å². The van der Waals surface area contributed by atoms with Crippen LogP contribution in [0.15, 0.2) is 42.0 Å². The smallest absolute Gasteiger partial charge is 0.0594 e. The molecule has 0 aliphatic carbocycles. The Morgan fingerprint density at radius 2 is 2.08 bits per heavy atom. The standard InChI is InChI=1S/C19H25N3OS/c1-3-16(14-20-6-1)13-19-18(21-8-10-23-11-9-21)5-7-22(19)15-17-4-2-12-24-17/h1-4,6,12,14,18-19H,5,7-11,13,15H2/t18-,19+/m1/s1. The van der Waals surface area contributed by atoms with Gasteiger partial charge in [-0.2, -0.15) is 0 Å². The predicted octanol–water partition coefficient (Wildman–Crippen LogP) is 2.66. The molecule has 4 heterocycles. The number of hydrogen-bond donors (Lipinski definition) is 0. The van der Waals surface area contributed by atoms with Crippen molar-refractivity contribution < 1.29 is 4.74 Å². The van der Waals surface area contributed by atoms with E-state index in [1.165, 1.54) is 23.4 Å². The molecule has 0 bridgehead atoms. The second kappa shape index (κ2) is 7.74. The van der Waals surface area contributed by atoms with Gasteiger partial charge in [-0.15, -0.1) is 11.3 Å². The molecular formula is C19H25N3OS. The third-order valence-electron chi connectivity index (χ3n) is 5.25. The largest absolute Gasteiger partial charge is 0.379 e. The fraction of sp³-hybridized carbons (Fsp3) is 0.526. The van der Waals surface area contributed by atoms with Crippen LogP contribution in [-0.2, 0) is 17.7 Å². The summed E-state index contributed by atoms with van der Waals surface area (Å²) in [6.07, 6.45) is 6.23. The van der Waals surface area contributed by atoms with Gasteiger partial charge in [-0.05, 0) is 35.9 Å². The SMILES string of the molecule is c1cncc(C[C@H]2[C@H](N3CCOCC3)CCN2Cc2cccs2)c1. The Morgan fingerprint density at radius 3 is 2.83 bits per heavy atom. The molecule has 2 aliphatic rings. The summed E-state index contributed by atoms with van der Waals surface area (Å²) in [5.74, 6) is 0. The number of pyridine rings is 1. The van der Waals surface area contributed by atoms with Gasteiger partial charge < -0.3 is 4.74 Å². The van der Waals surface area contributed by atoms with Gasteiger partial charge >= 0.3 is 0 Å². The molecule has 0 radical (unpaired) electrons. The van der Waals surface area contributed by atoms with E-state index in [2.05, 4.69) is 44.4 Å². The Balaban J connectivity index is 1.52. The summed E-state index contributed by atoms with van der Waals surface area (Å²) in [6.45, 7) is 6.15. The summed E-state index contributed by atoms with van der Waals surface area (Å²) in [5, 5.41) is 2.18. The third kappa shape index (κ3) is 3.70. The molecule has 2 aromatic heterocycles. The monoisotopic (exact) mass is 343 g/mol. The van der Waals surface area contributed by atoms with Crippen molar-refractivity contribution >= 4 is 11.3 Å². The molecule has 2 aliphatic heterocycles. The summed E-state index contributed by atoms with van der Waals surface area (Å²) in [6, 6.07) is 9.88. The molecule has 24 heavy (non-hydrogen) atoms. The summed E-state index contributed by atoms with van der Waals surface area (Å²) in [5.41, 5.74) is 1.35. The van der Waals surface area contributed by atoms with Crippen molar-refractivity contribution in [3.05, 3.63) is 52.5 Å². The van der Waals surface area contributed by atoms with Gasteiger partial charge in [0.25, 0.3) is 0 Å². The molecule has 5 heteroatoms. The molecule has 0 unspecified atom stereocenters. The van der Waals surface area contributed by atoms with Gasteiger partial charge in [-0.25, -0.2) is 0 Å². The van der Waals surface area contributed by atoms with E-state index in [-0.39, 0.29) is 0 Å². The maximum Gasteiger partial charge on any atom is 0.0594 e. The van der Waals surface area contributed by atoms with Crippen molar-refractivity contribution in [1.29, 1.82) is 0 Å². The molecule has 0 spiro atoms. The highest BCUT2D eigenvalue weighted by Crippen LogP contribution is 2.29. The van der Waals surface area contributed by atoms with Crippen LogP contribution in [0.4, 0.5) is 0 Å². The maximum atomic E-state index is 5.56. The molecule has 128 valence electrons. The molecule has 0 N–H and O–H groups in total. The van der Waals surface area contributed by atoms with E-state index in [1.807, 2.05) is 23.7 Å². The number of ether oxygens (including phenoxy) is 1. The van der Waals surface area contributed by atoms with E-state index in [1.54, 1.807) is 0 Å². The normalized spacial score (nSPS) is 26.0. The Morgan fingerprint density at radius 1 is 1.17 bits per heavy atom. The molecule has 4 rings (SSSR count). The highest BCUT2D eigenvalue weighted by atomic mass is 32.1. The predicted molar refractivity (Wildman–Crippen MR) is 97.3 cm³/mol. The molecule has 4 nitrogen and oxygen atoms in total. The second-order valence-electron chi connectivity index (χ2n) is 6.69. The van der Waals surface area contributed by atoms with E-state index in [4.69, 9.17) is 4.74 Å². The average molecular weight is 343 g/mol. The number of aromatic nitrogens is 1. The first-order valence-electron chi connectivity index (χ1n) is 8.87. The fourth-order valence-electron chi connectivity index (χ4n) is 4.06. The topological polar surface area (TPSA) is 28.6 Å². The zero-order valence-corrected chi connectivity index (χ0v) is 14.8. The Labute approximate surface area is 148 Å². The van der Waals surface area contributed by atoms with Gasteiger partial charge in [0.05, 0.1) is 13.2 Å². The quantitative estimate of drug-likeness (QED) is 0.834. The number of thiophene rings is 1. The Bertz CT molecular complexity index is 613.